The highest BCUT2D eigenvalue weighted by Gasteiger charge is 2.30. The minimum absolute atomic E-state index is 0.668. The van der Waals surface area contributed by atoms with Gasteiger partial charge in [0, 0.05) is 38.8 Å². The number of piperazine rings is 1. The Morgan fingerprint density at radius 3 is 2.27 bits per heavy atom. The molecule has 0 bridgehead atoms. The van der Waals surface area contributed by atoms with Gasteiger partial charge in [0.25, 0.3) is 0 Å². The topological polar surface area (TPSA) is 32.5 Å². The highest BCUT2D eigenvalue weighted by Crippen LogP contribution is 2.30. The first-order chi connectivity index (χ1) is 7.31. The van der Waals surface area contributed by atoms with Crippen LogP contribution in [0.5, 0.6) is 0 Å². The zero-order valence-corrected chi connectivity index (χ0v) is 9.99. The SMILES string of the molecule is CN1CCN(C(CN)C2CCCC2)CC1. The molecule has 1 atom stereocenters. The standard InChI is InChI=1S/C12H25N3/c1-14-6-8-15(9-7-14)12(10-13)11-4-2-3-5-11/h11-12H,2-10,13H2,1H3. The molecule has 1 heterocycles. The second-order valence-corrected chi connectivity index (χ2v) is 5.19. The molecule has 0 amide bonds. The van der Waals surface area contributed by atoms with Crippen LogP contribution in [-0.2, 0) is 0 Å². The predicted molar refractivity (Wildman–Crippen MR) is 63.9 cm³/mol. The lowest BCUT2D eigenvalue weighted by molar-refractivity contribution is 0.0852. The van der Waals surface area contributed by atoms with Crippen LogP contribution >= 0.6 is 0 Å². The Balaban J connectivity index is 1.88. The number of rotatable bonds is 3. The third-order valence-corrected chi connectivity index (χ3v) is 4.19. The van der Waals surface area contributed by atoms with Crippen molar-refractivity contribution in [3.8, 4) is 0 Å². The van der Waals surface area contributed by atoms with Gasteiger partial charge in [-0.15, -0.1) is 0 Å². The van der Waals surface area contributed by atoms with Crippen molar-refractivity contribution in [1.82, 2.24) is 9.80 Å². The Morgan fingerprint density at radius 1 is 1.13 bits per heavy atom. The predicted octanol–water partition coefficient (Wildman–Crippen LogP) is 0.751. The van der Waals surface area contributed by atoms with Gasteiger partial charge in [-0.2, -0.15) is 0 Å². The molecule has 0 aromatic carbocycles. The number of hydrogen-bond donors (Lipinski definition) is 1. The summed E-state index contributed by atoms with van der Waals surface area (Å²) < 4.78 is 0. The van der Waals surface area contributed by atoms with E-state index < -0.39 is 0 Å². The van der Waals surface area contributed by atoms with E-state index in [1.165, 1.54) is 51.9 Å². The van der Waals surface area contributed by atoms with E-state index >= 15 is 0 Å². The quantitative estimate of drug-likeness (QED) is 0.748. The van der Waals surface area contributed by atoms with Crippen LogP contribution in [0.1, 0.15) is 25.7 Å². The fraction of sp³-hybridized carbons (Fsp3) is 1.00. The molecule has 1 saturated heterocycles. The van der Waals surface area contributed by atoms with E-state index in [4.69, 9.17) is 5.73 Å². The average molecular weight is 211 g/mol. The zero-order chi connectivity index (χ0) is 10.7. The maximum absolute atomic E-state index is 5.96. The summed E-state index contributed by atoms with van der Waals surface area (Å²) in [6.07, 6.45) is 5.67. The normalized spacial score (nSPS) is 28.4. The largest absolute Gasteiger partial charge is 0.329 e. The van der Waals surface area contributed by atoms with E-state index in [1.807, 2.05) is 0 Å². The van der Waals surface area contributed by atoms with Crippen molar-refractivity contribution in [2.45, 2.75) is 31.7 Å². The second kappa shape index (κ2) is 5.28. The van der Waals surface area contributed by atoms with Crippen molar-refractivity contribution >= 4 is 0 Å². The Kier molecular flexibility index (Phi) is 4.00. The van der Waals surface area contributed by atoms with Gasteiger partial charge in [0.2, 0.25) is 0 Å². The molecule has 1 aliphatic heterocycles. The molecule has 2 aliphatic rings. The Bertz CT molecular complexity index is 181. The summed E-state index contributed by atoms with van der Waals surface area (Å²) in [5.74, 6) is 0.887. The van der Waals surface area contributed by atoms with E-state index in [2.05, 4.69) is 16.8 Å². The maximum Gasteiger partial charge on any atom is 0.0247 e. The first-order valence-electron chi connectivity index (χ1n) is 6.44. The van der Waals surface area contributed by atoms with Crippen LogP contribution in [0.4, 0.5) is 0 Å². The van der Waals surface area contributed by atoms with Gasteiger partial charge >= 0.3 is 0 Å². The van der Waals surface area contributed by atoms with Gasteiger partial charge in [0.15, 0.2) is 0 Å². The van der Waals surface area contributed by atoms with Gasteiger partial charge < -0.3 is 10.6 Å². The summed E-state index contributed by atoms with van der Waals surface area (Å²) in [5.41, 5.74) is 5.96. The first kappa shape index (κ1) is 11.4. The summed E-state index contributed by atoms with van der Waals surface area (Å²) in [6, 6.07) is 0.668. The van der Waals surface area contributed by atoms with E-state index in [-0.39, 0.29) is 0 Å². The Hall–Kier alpha value is -0.120. The summed E-state index contributed by atoms with van der Waals surface area (Å²) in [4.78, 5) is 5.05. The van der Waals surface area contributed by atoms with Crippen LogP contribution in [0.3, 0.4) is 0 Å². The number of nitrogens with zero attached hydrogens (tertiary/aromatic N) is 2. The molecule has 2 fully saturated rings. The van der Waals surface area contributed by atoms with Crippen LogP contribution in [0.15, 0.2) is 0 Å². The van der Waals surface area contributed by atoms with Crippen molar-refractivity contribution in [2.24, 2.45) is 11.7 Å². The van der Waals surface area contributed by atoms with E-state index in [1.54, 1.807) is 0 Å². The molecule has 2 N–H and O–H groups in total. The number of likely N-dealkylation sites (N-methyl/N-ethyl adjacent to an activating group) is 1. The van der Waals surface area contributed by atoms with Crippen LogP contribution in [-0.4, -0.2) is 55.6 Å². The van der Waals surface area contributed by atoms with Crippen molar-refractivity contribution in [3.63, 3.8) is 0 Å². The van der Waals surface area contributed by atoms with Gasteiger partial charge in [0.1, 0.15) is 0 Å². The average Bonchev–Trinajstić information content (AvgIpc) is 2.75. The molecule has 88 valence electrons. The third kappa shape index (κ3) is 2.71. The number of nitrogens with two attached hydrogens (primary N) is 1. The molecule has 3 heteroatoms. The Labute approximate surface area is 93.6 Å². The van der Waals surface area contributed by atoms with Gasteiger partial charge in [-0.05, 0) is 25.8 Å². The second-order valence-electron chi connectivity index (χ2n) is 5.19. The molecule has 1 unspecified atom stereocenters. The monoisotopic (exact) mass is 211 g/mol. The lowest BCUT2D eigenvalue weighted by Gasteiger charge is -2.40. The molecule has 3 nitrogen and oxygen atoms in total. The molecular weight excluding hydrogens is 186 g/mol. The molecule has 2 rings (SSSR count). The highest BCUT2D eigenvalue weighted by atomic mass is 15.3. The molecule has 0 radical (unpaired) electrons. The van der Waals surface area contributed by atoms with E-state index in [0.29, 0.717) is 6.04 Å². The molecule has 15 heavy (non-hydrogen) atoms. The molecule has 0 spiro atoms. The summed E-state index contributed by atoms with van der Waals surface area (Å²) in [5, 5.41) is 0. The smallest absolute Gasteiger partial charge is 0.0247 e. The summed E-state index contributed by atoms with van der Waals surface area (Å²) in [7, 11) is 2.21. The Morgan fingerprint density at radius 2 is 1.73 bits per heavy atom. The van der Waals surface area contributed by atoms with Crippen LogP contribution in [0, 0.1) is 5.92 Å². The summed E-state index contributed by atoms with van der Waals surface area (Å²) >= 11 is 0. The van der Waals surface area contributed by atoms with Gasteiger partial charge in [-0.25, -0.2) is 0 Å². The lowest BCUT2D eigenvalue weighted by atomic mass is 9.96. The van der Waals surface area contributed by atoms with Crippen LogP contribution < -0.4 is 5.73 Å². The highest BCUT2D eigenvalue weighted by molar-refractivity contribution is 4.86. The number of hydrogen-bond acceptors (Lipinski definition) is 3. The molecule has 0 aromatic heterocycles. The van der Waals surface area contributed by atoms with Gasteiger partial charge in [-0.1, -0.05) is 12.8 Å². The van der Waals surface area contributed by atoms with E-state index in [0.717, 1.165) is 12.5 Å². The molecule has 0 aromatic rings. The van der Waals surface area contributed by atoms with Gasteiger partial charge in [-0.3, -0.25) is 4.90 Å². The van der Waals surface area contributed by atoms with Crippen molar-refractivity contribution in [3.05, 3.63) is 0 Å². The van der Waals surface area contributed by atoms with Crippen molar-refractivity contribution < 1.29 is 0 Å². The first-order valence-corrected chi connectivity index (χ1v) is 6.44. The molecule has 1 saturated carbocycles. The van der Waals surface area contributed by atoms with Crippen LogP contribution in [0.2, 0.25) is 0 Å². The minimum Gasteiger partial charge on any atom is -0.329 e. The lowest BCUT2D eigenvalue weighted by Crippen LogP contribution is -2.53. The third-order valence-electron chi connectivity index (χ3n) is 4.19. The van der Waals surface area contributed by atoms with Gasteiger partial charge in [0.05, 0.1) is 0 Å². The van der Waals surface area contributed by atoms with E-state index in [9.17, 15) is 0 Å². The van der Waals surface area contributed by atoms with Crippen molar-refractivity contribution in [2.75, 3.05) is 39.8 Å². The summed E-state index contributed by atoms with van der Waals surface area (Å²) in [6.45, 7) is 5.71. The van der Waals surface area contributed by atoms with Crippen molar-refractivity contribution in [1.29, 1.82) is 0 Å². The fourth-order valence-electron chi connectivity index (χ4n) is 3.14. The minimum atomic E-state index is 0.668. The fourth-order valence-corrected chi connectivity index (χ4v) is 3.14. The molecular formula is C12H25N3. The zero-order valence-electron chi connectivity index (χ0n) is 9.99. The maximum atomic E-state index is 5.96. The van der Waals surface area contributed by atoms with Crippen LogP contribution in [0.25, 0.3) is 0 Å². The molecule has 1 aliphatic carbocycles.